The average Bonchev–Trinajstić information content (AvgIpc) is 3.34. The van der Waals surface area contributed by atoms with Crippen LogP contribution < -0.4 is 10.1 Å². The molecular formula is C23H16ClN5O7S. The number of nitro groups is 2. The van der Waals surface area contributed by atoms with Crippen molar-refractivity contribution >= 4 is 50.6 Å². The smallest absolute Gasteiger partial charge is 0.270 e. The largest absolute Gasteiger partial charge is 0.455 e. The average molecular weight is 542 g/mol. The number of para-hydroxylation sites is 1. The molecule has 4 aromatic rings. The lowest BCUT2D eigenvalue weighted by molar-refractivity contribution is -0.385. The fourth-order valence-electron chi connectivity index (χ4n) is 3.17. The Morgan fingerprint density at radius 2 is 1.54 bits per heavy atom. The molecule has 0 saturated carbocycles. The summed E-state index contributed by atoms with van der Waals surface area (Å²) in [6.45, 7) is 0. The molecule has 1 heterocycles. The van der Waals surface area contributed by atoms with Gasteiger partial charge in [0.05, 0.1) is 32.5 Å². The van der Waals surface area contributed by atoms with Crippen molar-refractivity contribution in [1.82, 2.24) is 0 Å². The number of hydrogen-bond donors (Lipinski definition) is 2. The van der Waals surface area contributed by atoms with Gasteiger partial charge in [-0.3, -0.25) is 30.4 Å². The molecule has 4 rings (SSSR count). The number of non-ortho nitro benzene ring substituents is 2. The number of hydrazone groups is 1. The topological polar surface area (TPSA) is 170 Å². The van der Waals surface area contributed by atoms with Gasteiger partial charge in [0.25, 0.3) is 21.4 Å². The molecule has 0 fully saturated rings. The Bertz CT molecular complexity index is 1620. The molecule has 0 aliphatic heterocycles. The molecule has 0 amide bonds. The van der Waals surface area contributed by atoms with Gasteiger partial charge in [-0.25, -0.2) is 8.42 Å². The SMILES string of the molecule is O=[N+]([O-])c1ccc(-c2ccc(C=NNc3ccc([N+](=O)[O-])cc3S(=O)(=O)Nc3ccccc3Cl)o2)cc1. The molecule has 0 aliphatic carbocycles. The molecule has 0 spiro atoms. The second kappa shape index (κ2) is 10.5. The Morgan fingerprint density at radius 3 is 2.22 bits per heavy atom. The van der Waals surface area contributed by atoms with Crippen LogP contribution in [0, 0.1) is 20.2 Å². The van der Waals surface area contributed by atoms with Crippen molar-refractivity contribution in [3.8, 4) is 11.3 Å². The third-order valence-electron chi connectivity index (χ3n) is 4.95. The van der Waals surface area contributed by atoms with Crippen LogP contribution in [0.1, 0.15) is 5.76 Å². The summed E-state index contributed by atoms with van der Waals surface area (Å²) < 4.78 is 34.1. The van der Waals surface area contributed by atoms with Crippen molar-refractivity contribution < 1.29 is 22.7 Å². The van der Waals surface area contributed by atoms with Gasteiger partial charge < -0.3 is 4.42 Å². The van der Waals surface area contributed by atoms with E-state index >= 15 is 0 Å². The first-order valence-electron chi connectivity index (χ1n) is 10.3. The molecule has 188 valence electrons. The predicted molar refractivity (Wildman–Crippen MR) is 137 cm³/mol. The molecule has 3 aromatic carbocycles. The standard InChI is InChI=1S/C23H16ClN5O7S/c24-19-3-1-2-4-20(19)27-37(34,35)23-13-17(29(32)33)9-11-21(23)26-25-14-18-10-12-22(36-18)15-5-7-16(8-6-15)28(30)31/h1-14,26-27H. The molecule has 12 nitrogen and oxygen atoms in total. The van der Waals surface area contributed by atoms with Crippen LogP contribution in [0.2, 0.25) is 5.02 Å². The van der Waals surface area contributed by atoms with E-state index in [9.17, 15) is 28.6 Å². The molecular weight excluding hydrogens is 526 g/mol. The maximum Gasteiger partial charge on any atom is 0.270 e. The van der Waals surface area contributed by atoms with Crippen molar-refractivity contribution in [2.45, 2.75) is 4.90 Å². The highest BCUT2D eigenvalue weighted by Gasteiger charge is 2.23. The first-order valence-corrected chi connectivity index (χ1v) is 12.2. The minimum absolute atomic E-state index is 0.0384. The summed E-state index contributed by atoms with van der Waals surface area (Å²) in [5.41, 5.74) is 2.73. The predicted octanol–water partition coefficient (Wildman–Crippen LogP) is 5.66. The van der Waals surface area contributed by atoms with Gasteiger partial charge in [0.15, 0.2) is 0 Å². The summed E-state index contributed by atoms with van der Waals surface area (Å²) in [4.78, 5) is 20.4. The van der Waals surface area contributed by atoms with E-state index in [-0.39, 0.29) is 22.1 Å². The molecule has 37 heavy (non-hydrogen) atoms. The van der Waals surface area contributed by atoms with Crippen molar-refractivity contribution in [2.24, 2.45) is 5.10 Å². The van der Waals surface area contributed by atoms with E-state index < -0.39 is 30.5 Å². The van der Waals surface area contributed by atoms with Crippen LogP contribution in [-0.4, -0.2) is 24.5 Å². The molecule has 0 atom stereocenters. The van der Waals surface area contributed by atoms with Gasteiger partial charge in [0.1, 0.15) is 16.4 Å². The summed E-state index contributed by atoms with van der Waals surface area (Å²) in [7, 11) is -4.31. The number of anilines is 2. The summed E-state index contributed by atoms with van der Waals surface area (Å²) in [5, 5.41) is 26.2. The van der Waals surface area contributed by atoms with Gasteiger partial charge in [-0.05, 0) is 42.5 Å². The second-order valence-corrected chi connectivity index (χ2v) is 9.46. The summed E-state index contributed by atoms with van der Waals surface area (Å²) in [5.74, 6) is 0.722. The monoisotopic (exact) mass is 541 g/mol. The number of benzene rings is 3. The Kier molecular flexibility index (Phi) is 7.18. The van der Waals surface area contributed by atoms with Crippen molar-refractivity contribution in [2.75, 3.05) is 10.1 Å². The van der Waals surface area contributed by atoms with Gasteiger partial charge in [0.2, 0.25) is 0 Å². The fraction of sp³-hybridized carbons (Fsp3) is 0. The second-order valence-electron chi connectivity index (χ2n) is 7.40. The van der Waals surface area contributed by atoms with Crippen molar-refractivity contribution in [1.29, 1.82) is 0 Å². The lowest BCUT2D eigenvalue weighted by Gasteiger charge is -2.12. The molecule has 0 saturated heterocycles. The number of nitro benzene ring substituents is 2. The van der Waals surface area contributed by atoms with Crippen LogP contribution >= 0.6 is 11.6 Å². The Balaban J connectivity index is 1.57. The highest BCUT2D eigenvalue weighted by Crippen LogP contribution is 2.30. The number of hydrogen-bond acceptors (Lipinski definition) is 9. The number of furan rings is 1. The van der Waals surface area contributed by atoms with Gasteiger partial charge in [-0.2, -0.15) is 5.10 Å². The highest BCUT2D eigenvalue weighted by atomic mass is 35.5. The van der Waals surface area contributed by atoms with E-state index in [4.69, 9.17) is 16.0 Å². The van der Waals surface area contributed by atoms with E-state index in [1.165, 1.54) is 48.7 Å². The molecule has 0 bridgehead atoms. The maximum atomic E-state index is 13.1. The Morgan fingerprint density at radius 1 is 0.865 bits per heavy atom. The zero-order valence-corrected chi connectivity index (χ0v) is 20.1. The highest BCUT2D eigenvalue weighted by molar-refractivity contribution is 7.93. The van der Waals surface area contributed by atoms with Crippen molar-refractivity contribution in [3.63, 3.8) is 0 Å². The minimum Gasteiger partial charge on any atom is -0.455 e. The molecule has 0 aliphatic rings. The zero-order valence-electron chi connectivity index (χ0n) is 18.6. The van der Waals surface area contributed by atoms with Gasteiger partial charge in [-0.15, -0.1) is 0 Å². The number of rotatable bonds is 9. The number of nitrogens with one attached hydrogen (secondary N) is 2. The first-order chi connectivity index (χ1) is 17.6. The van der Waals surface area contributed by atoms with Gasteiger partial charge in [-0.1, -0.05) is 23.7 Å². The normalized spacial score (nSPS) is 11.4. The van der Waals surface area contributed by atoms with Crippen LogP contribution in [0.4, 0.5) is 22.7 Å². The Hall–Kier alpha value is -4.75. The summed E-state index contributed by atoms with van der Waals surface area (Å²) >= 11 is 6.04. The van der Waals surface area contributed by atoms with Crippen LogP contribution in [0.15, 0.2) is 93.3 Å². The van der Waals surface area contributed by atoms with E-state index in [2.05, 4.69) is 15.2 Å². The van der Waals surface area contributed by atoms with Crippen LogP contribution in [-0.2, 0) is 10.0 Å². The number of halogens is 1. The quantitative estimate of drug-likeness (QED) is 0.155. The number of sulfonamides is 1. The summed E-state index contributed by atoms with van der Waals surface area (Å²) in [6, 6.07) is 18.4. The van der Waals surface area contributed by atoms with E-state index in [0.29, 0.717) is 17.1 Å². The van der Waals surface area contributed by atoms with E-state index in [1.54, 1.807) is 24.3 Å². The maximum absolute atomic E-state index is 13.1. The molecule has 1 aromatic heterocycles. The molecule has 0 unspecified atom stereocenters. The molecule has 2 N–H and O–H groups in total. The third-order valence-corrected chi connectivity index (χ3v) is 6.68. The van der Waals surface area contributed by atoms with E-state index in [0.717, 1.165) is 12.1 Å². The lowest BCUT2D eigenvalue weighted by Crippen LogP contribution is -2.15. The van der Waals surface area contributed by atoms with Crippen LogP contribution in [0.5, 0.6) is 0 Å². The van der Waals surface area contributed by atoms with Crippen molar-refractivity contribution in [3.05, 3.63) is 110 Å². The molecule has 0 radical (unpaired) electrons. The third kappa shape index (κ3) is 5.91. The summed E-state index contributed by atoms with van der Waals surface area (Å²) in [6.07, 6.45) is 1.27. The number of nitrogens with zero attached hydrogens (tertiary/aromatic N) is 3. The van der Waals surface area contributed by atoms with E-state index in [1.807, 2.05) is 0 Å². The lowest BCUT2D eigenvalue weighted by atomic mass is 10.1. The Labute approximate surface area is 214 Å². The van der Waals surface area contributed by atoms with Gasteiger partial charge in [0, 0.05) is 29.8 Å². The van der Waals surface area contributed by atoms with Crippen LogP contribution in [0.25, 0.3) is 11.3 Å². The first kappa shape index (κ1) is 25.3. The fourth-order valence-corrected chi connectivity index (χ4v) is 4.67. The zero-order chi connectivity index (χ0) is 26.6. The van der Waals surface area contributed by atoms with Gasteiger partial charge >= 0.3 is 0 Å². The van der Waals surface area contributed by atoms with Crippen LogP contribution in [0.3, 0.4) is 0 Å². The minimum atomic E-state index is -4.31. The molecule has 14 heteroatoms.